The molecule has 5 nitrogen and oxygen atoms in total. The molecule has 2 aliphatic heterocycles. The molecule has 22 heavy (non-hydrogen) atoms. The lowest BCUT2D eigenvalue weighted by molar-refractivity contribution is 0.00578. The first-order valence-corrected chi connectivity index (χ1v) is 7.37. The second-order valence-corrected chi connectivity index (χ2v) is 6.68. The first-order valence-electron chi connectivity index (χ1n) is 7.37. The van der Waals surface area contributed by atoms with E-state index < -0.39 is 0 Å². The topological polar surface area (TPSA) is 56.8 Å². The van der Waals surface area contributed by atoms with Crippen LogP contribution >= 0.6 is 0 Å². The van der Waals surface area contributed by atoms with E-state index in [1.54, 1.807) is 6.20 Å². The lowest BCUT2D eigenvalue weighted by atomic mass is 9.78. The van der Waals surface area contributed by atoms with E-state index in [4.69, 9.17) is 14.0 Å². The van der Waals surface area contributed by atoms with Crippen LogP contribution in [0.1, 0.15) is 27.7 Å². The number of nitrogens with zero attached hydrogens (tertiary/aromatic N) is 2. The van der Waals surface area contributed by atoms with E-state index in [1.165, 1.54) is 0 Å². The van der Waals surface area contributed by atoms with Crippen LogP contribution in [0.4, 0.5) is 0 Å². The molecule has 1 aromatic carbocycles. The third kappa shape index (κ3) is 2.10. The zero-order chi connectivity index (χ0) is 15.5. The fraction of sp³-hybridized carbons (Fsp3) is 0.375. The highest BCUT2D eigenvalue weighted by Crippen LogP contribution is 2.42. The molecule has 0 bridgehead atoms. The van der Waals surface area contributed by atoms with Gasteiger partial charge in [0.1, 0.15) is 0 Å². The molecule has 0 N–H and O–H groups in total. The summed E-state index contributed by atoms with van der Waals surface area (Å²) in [6, 6.07) is 7.94. The molecule has 1 aromatic heterocycles. The Kier molecular flexibility index (Phi) is 2.69. The molecule has 1 saturated heterocycles. The van der Waals surface area contributed by atoms with Crippen LogP contribution in [0.15, 0.2) is 30.5 Å². The summed E-state index contributed by atoms with van der Waals surface area (Å²) in [7, 11) is -0.384. The molecule has 0 spiro atoms. The molecule has 6 heteroatoms. The van der Waals surface area contributed by atoms with E-state index in [0.717, 1.165) is 16.8 Å². The molecule has 0 radical (unpaired) electrons. The molecule has 0 saturated carbocycles. The van der Waals surface area contributed by atoms with Gasteiger partial charge in [0, 0.05) is 5.56 Å². The summed E-state index contributed by atoms with van der Waals surface area (Å²) in [5.74, 6) is 2.06. The monoisotopic (exact) mass is 296 g/mol. The summed E-state index contributed by atoms with van der Waals surface area (Å²) in [4.78, 5) is 8.65. The Bertz CT molecular complexity index is 745. The van der Waals surface area contributed by atoms with Gasteiger partial charge in [0.15, 0.2) is 5.82 Å². The normalized spacial score (nSPS) is 20.5. The Labute approximate surface area is 129 Å². The smallest absolute Gasteiger partial charge is 0.428 e. The Morgan fingerprint density at radius 2 is 1.77 bits per heavy atom. The van der Waals surface area contributed by atoms with Crippen molar-refractivity contribution in [1.29, 1.82) is 0 Å². The van der Waals surface area contributed by atoms with Gasteiger partial charge in [-0.1, -0.05) is 24.3 Å². The summed E-state index contributed by atoms with van der Waals surface area (Å²) in [5.41, 5.74) is 1.18. The van der Waals surface area contributed by atoms with Crippen molar-refractivity contribution in [3.63, 3.8) is 0 Å². The third-order valence-electron chi connectivity index (χ3n) is 4.56. The molecule has 0 amide bonds. The molecular formula is C16H17BN2O3. The molecule has 0 unspecified atom stereocenters. The van der Waals surface area contributed by atoms with Crippen LogP contribution in [0.2, 0.25) is 0 Å². The van der Waals surface area contributed by atoms with Gasteiger partial charge in [0.05, 0.1) is 17.4 Å². The lowest BCUT2D eigenvalue weighted by Crippen LogP contribution is -2.41. The van der Waals surface area contributed by atoms with Gasteiger partial charge in [-0.15, -0.1) is 0 Å². The fourth-order valence-electron chi connectivity index (χ4n) is 2.43. The van der Waals surface area contributed by atoms with Crippen molar-refractivity contribution in [2.45, 2.75) is 38.9 Å². The van der Waals surface area contributed by atoms with Gasteiger partial charge in [-0.25, -0.2) is 4.98 Å². The van der Waals surface area contributed by atoms with Crippen LogP contribution in [0.5, 0.6) is 11.6 Å². The van der Waals surface area contributed by atoms with Gasteiger partial charge >= 0.3 is 7.12 Å². The van der Waals surface area contributed by atoms with Crippen LogP contribution in [0.3, 0.4) is 0 Å². The van der Waals surface area contributed by atoms with Crippen molar-refractivity contribution in [1.82, 2.24) is 9.97 Å². The molecule has 2 aromatic rings. The number of hydrogen-bond donors (Lipinski definition) is 0. The van der Waals surface area contributed by atoms with E-state index in [-0.39, 0.29) is 18.3 Å². The summed E-state index contributed by atoms with van der Waals surface area (Å²) in [5, 5.41) is 0. The second kappa shape index (κ2) is 4.30. The zero-order valence-corrected chi connectivity index (χ0v) is 13.1. The van der Waals surface area contributed by atoms with Crippen molar-refractivity contribution < 1.29 is 14.0 Å². The Hall–Kier alpha value is -1.92. The van der Waals surface area contributed by atoms with Crippen molar-refractivity contribution in [3.8, 4) is 23.0 Å². The first-order chi connectivity index (χ1) is 10.4. The second-order valence-electron chi connectivity index (χ2n) is 6.68. The largest absolute Gasteiger partial charge is 0.494 e. The lowest BCUT2D eigenvalue weighted by Gasteiger charge is -2.32. The van der Waals surface area contributed by atoms with Crippen molar-refractivity contribution in [2.75, 3.05) is 0 Å². The number of hydrogen-bond acceptors (Lipinski definition) is 5. The Morgan fingerprint density at radius 1 is 1.05 bits per heavy atom. The van der Waals surface area contributed by atoms with Crippen LogP contribution in [-0.4, -0.2) is 28.3 Å². The Morgan fingerprint density at radius 3 is 2.45 bits per heavy atom. The van der Waals surface area contributed by atoms with Gasteiger partial charge in [-0.2, -0.15) is 4.98 Å². The molecule has 112 valence electrons. The SMILES string of the molecule is CC1(C)OB(c2cccc(-c3ncc4c(n3)O4)c2)OC1(C)C. The first kappa shape index (κ1) is 13.7. The van der Waals surface area contributed by atoms with Gasteiger partial charge in [-0.05, 0) is 33.2 Å². The maximum atomic E-state index is 6.09. The molecular weight excluding hydrogens is 279 g/mol. The zero-order valence-electron chi connectivity index (χ0n) is 13.1. The maximum Gasteiger partial charge on any atom is 0.494 e. The highest BCUT2D eigenvalue weighted by Gasteiger charge is 2.51. The summed E-state index contributed by atoms with van der Waals surface area (Å²) >= 11 is 0. The predicted molar refractivity (Wildman–Crippen MR) is 83.3 cm³/mol. The van der Waals surface area contributed by atoms with E-state index in [9.17, 15) is 0 Å². The quantitative estimate of drug-likeness (QED) is 0.537. The summed E-state index contributed by atoms with van der Waals surface area (Å²) in [6.45, 7) is 8.19. The van der Waals surface area contributed by atoms with Crippen molar-refractivity contribution in [2.24, 2.45) is 0 Å². The highest BCUT2D eigenvalue weighted by molar-refractivity contribution is 6.62. The highest BCUT2D eigenvalue weighted by atomic mass is 16.7. The van der Waals surface area contributed by atoms with E-state index in [2.05, 4.69) is 9.97 Å². The average molecular weight is 296 g/mol. The summed E-state index contributed by atoms with van der Waals surface area (Å²) < 4.78 is 17.3. The standard InChI is InChI=1S/C16H17BN2O3/c1-15(2)16(3,4)22-17(21-15)11-7-5-6-10(8-11)13-18-9-12-14(19-13)20-12/h5-9H,1-4H3. The van der Waals surface area contributed by atoms with Gasteiger partial charge in [0.25, 0.3) is 5.88 Å². The molecule has 0 aliphatic carbocycles. The van der Waals surface area contributed by atoms with Crippen molar-refractivity contribution in [3.05, 3.63) is 30.5 Å². The van der Waals surface area contributed by atoms with Crippen LogP contribution in [0.25, 0.3) is 11.4 Å². The fourth-order valence-corrected chi connectivity index (χ4v) is 2.43. The van der Waals surface area contributed by atoms with E-state index in [0.29, 0.717) is 11.7 Å². The number of ether oxygens (including phenoxy) is 1. The average Bonchev–Trinajstić information content (AvgIpc) is 3.20. The van der Waals surface area contributed by atoms with Crippen LogP contribution < -0.4 is 10.2 Å². The van der Waals surface area contributed by atoms with Crippen LogP contribution in [-0.2, 0) is 9.31 Å². The molecule has 3 heterocycles. The van der Waals surface area contributed by atoms with Gasteiger partial charge in [-0.3, -0.25) is 0 Å². The molecule has 1 fully saturated rings. The minimum absolute atomic E-state index is 0.351. The van der Waals surface area contributed by atoms with Gasteiger partial charge in [0.2, 0.25) is 5.75 Å². The number of aromatic nitrogens is 2. The minimum Gasteiger partial charge on any atom is -0.428 e. The third-order valence-corrected chi connectivity index (χ3v) is 4.56. The predicted octanol–water partition coefficient (Wildman–Crippen LogP) is 2.55. The van der Waals surface area contributed by atoms with Crippen LogP contribution in [0, 0.1) is 0 Å². The number of fused-ring (bicyclic) bond motifs is 1. The van der Waals surface area contributed by atoms with E-state index >= 15 is 0 Å². The van der Waals surface area contributed by atoms with Gasteiger partial charge < -0.3 is 14.0 Å². The molecule has 2 aliphatic rings. The number of benzene rings is 1. The Balaban J connectivity index is 1.66. The van der Waals surface area contributed by atoms with Crippen molar-refractivity contribution >= 4 is 12.6 Å². The summed E-state index contributed by atoms with van der Waals surface area (Å²) in [6.07, 6.45) is 1.69. The maximum absolute atomic E-state index is 6.09. The van der Waals surface area contributed by atoms with E-state index in [1.807, 2.05) is 52.0 Å². The molecule has 0 atom stereocenters. The number of rotatable bonds is 2. The minimum atomic E-state index is -0.384. The molecule has 4 rings (SSSR count).